The molecule has 2 N–H and O–H groups in total. The van der Waals surface area contributed by atoms with Gasteiger partial charge in [0.05, 0.1) is 6.61 Å². The molecule has 0 amide bonds. The molecular weight excluding hydrogens is 172 g/mol. The number of carbonyl (C=O) groups is 1. The molecule has 0 radical (unpaired) electrons. The Labute approximate surface area is 77.8 Å². The highest BCUT2D eigenvalue weighted by Crippen LogP contribution is 2.07. The van der Waals surface area contributed by atoms with Crippen molar-refractivity contribution in [3.05, 3.63) is 11.5 Å². The quantitative estimate of drug-likeness (QED) is 0.393. The second-order valence-corrected chi connectivity index (χ2v) is 2.68. The van der Waals surface area contributed by atoms with Crippen molar-refractivity contribution < 1.29 is 19.7 Å². The molecule has 0 heterocycles. The van der Waals surface area contributed by atoms with E-state index in [0.29, 0.717) is 12.8 Å². The van der Waals surface area contributed by atoms with Crippen LogP contribution in [0, 0.1) is 0 Å². The Bertz CT molecular complexity index is 196. The van der Waals surface area contributed by atoms with Crippen molar-refractivity contribution in [2.75, 3.05) is 6.61 Å². The maximum atomic E-state index is 10.9. The lowest BCUT2D eigenvalue weighted by Crippen LogP contribution is -2.10. The molecule has 0 aliphatic rings. The summed E-state index contributed by atoms with van der Waals surface area (Å²) in [7, 11) is 0. The van der Waals surface area contributed by atoms with Gasteiger partial charge in [0.2, 0.25) is 5.76 Å². The molecule has 0 aliphatic carbocycles. The smallest absolute Gasteiger partial charge is 0.377 e. The van der Waals surface area contributed by atoms with Crippen LogP contribution in [0.1, 0.15) is 33.1 Å². The number of allylic oxidation sites excluding steroid dienone is 1. The highest BCUT2D eigenvalue weighted by molar-refractivity contribution is 5.86. The first-order valence-corrected chi connectivity index (χ1v) is 4.41. The van der Waals surface area contributed by atoms with E-state index >= 15 is 0 Å². The monoisotopic (exact) mass is 188 g/mol. The van der Waals surface area contributed by atoms with Gasteiger partial charge in [0, 0.05) is 6.42 Å². The number of rotatable bonds is 5. The summed E-state index contributed by atoms with van der Waals surface area (Å²) in [5.41, 5.74) is 0. The fourth-order valence-electron chi connectivity index (χ4n) is 0.736. The van der Waals surface area contributed by atoms with Crippen molar-refractivity contribution in [3.8, 4) is 0 Å². The molecule has 4 nitrogen and oxygen atoms in total. The third-order valence-corrected chi connectivity index (χ3v) is 1.39. The molecule has 13 heavy (non-hydrogen) atoms. The molecule has 0 fully saturated rings. The topological polar surface area (TPSA) is 66.8 Å². The number of aliphatic hydroxyl groups is 2. The highest BCUT2D eigenvalue weighted by atomic mass is 16.5. The maximum Gasteiger partial charge on any atom is 0.377 e. The van der Waals surface area contributed by atoms with Crippen LogP contribution in [0.5, 0.6) is 0 Å². The van der Waals surface area contributed by atoms with Crippen LogP contribution in [0.4, 0.5) is 0 Å². The Morgan fingerprint density at radius 1 is 1.23 bits per heavy atom. The van der Waals surface area contributed by atoms with E-state index in [2.05, 4.69) is 4.74 Å². The van der Waals surface area contributed by atoms with Crippen molar-refractivity contribution in [1.29, 1.82) is 0 Å². The number of carbonyl (C=O) groups excluding carboxylic acids is 1. The van der Waals surface area contributed by atoms with Crippen molar-refractivity contribution >= 4 is 5.97 Å². The van der Waals surface area contributed by atoms with Crippen LogP contribution in [-0.4, -0.2) is 22.8 Å². The molecular formula is C9H16O4. The third kappa shape index (κ3) is 4.40. The molecule has 0 atom stereocenters. The first-order chi connectivity index (χ1) is 6.13. The Morgan fingerprint density at radius 3 is 2.31 bits per heavy atom. The number of aliphatic hydroxyl groups excluding tert-OH is 2. The van der Waals surface area contributed by atoms with E-state index in [4.69, 9.17) is 10.2 Å². The molecule has 0 aliphatic heterocycles. The van der Waals surface area contributed by atoms with Gasteiger partial charge in [-0.05, 0) is 12.8 Å². The van der Waals surface area contributed by atoms with Crippen molar-refractivity contribution in [1.82, 2.24) is 0 Å². The van der Waals surface area contributed by atoms with Gasteiger partial charge in [-0.3, -0.25) is 0 Å². The number of hydrogen-bond donors (Lipinski definition) is 2. The zero-order chi connectivity index (χ0) is 10.3. The van der Waals surface area contributed by atoms with E-state index in [9.17, 15) is 4.79 Å². The molecule has 0 unspecified atom stereocenters. The molecule has 4 heteroatoms. The zero-order valence-electron chi connectivity index (χ0n) is 8.04. The van der Waals surface area contributed by atoms with Gasteiger partial charge >= 0.3 is 5.97 Å². The first kappa shape index (κ1) is 11.8. The molecule has 0 saturated carbocycles. The summed E-state index contributed by atoms with van der Waals surface area (Å²) in [5.74, 6) is -1.83. The van der Waals surface area contributed by atoms with Gasteiger partial charge < -0.3 is 14.9 Å². The third-order valence-electron chi connectivity index (χ3n) is 1.39. The molecule has 0 saturated heterocycles. The van der Waals surface area contributed by atoms with Crippen LogP contribution in [0.3, 0.4) is 0 Å². The van der Waals surface area contributed by atoms with Gasteiger partial charge in [0.25, 0.3) is 0 Å². The minimum Gasteiger partial charge on any atom is -0.508 e. The van der Waals surface area contributed by atoms with Crippen molar-refractivity contribution in [2.24, 2.45) is 0 Å². The van der Waals surface area contributed by atoms with E-state index < -0.39 is 11.7 Å². The summed E-state index contributed by atoms with van der Waals surface area (Å²) in [4.78, 5) is 10.9. The van der Waals surface area contributed by atoms with Crippen LogP contribution in [0.25, 0.3) is 0 Å². The van der Waals surface area contributed by atoms with Gasteiger partial charge in [0.15, 0.2) is 0 Å². The SMILES string of the molecule is CCCOC(=O)C(O)=C(O)CCC. The summed E-state index contributed by atoms with van der Waals surface area (Å²) >= 11 is 0. The van der Waals surface area contributed by atoms with Crippen LogP contribution in [0.15, 0.2) is 11.5 Å². The number of esters is 1. The highest BCUT2D eigenvalue weighted by Gasteiger charge is 2.13. The van der Waals surface area contributed by atoms with E-state index in [-0.39, 0.29) is 18.8 Å². The summed E-state index contributed by atoms with van der Waals surface area (Å²) < 4.78 is 4.61. The summed E-state index contributed by atoms with van der Waals surface area (Å²) in [6, 6.07) is 0. The van der Waals surface area contributed by atoms with Crippen molar-refractivity contribution in [2.45, 2.75) is 33.1 Å². The van der Waals surface area contributed by atoms with Crippen LogP contribution < -0.4 is 0 Å². The van der Waals surface area contributed by atoms with Crippen molar-refractivity contribution in [3.63, 3.8) is 0 Å². The van der Waals surface area contributed by atoms with Gasteiger partial charge in [-0.2, -0.15) is 0 Å². The first-order valence-electron chi connectivity index (χ1n) is 4.41. The van der Waals surface area contributed by atoms with Crippen LogP contribution in [-0.2, 0) is 9.53 Å². The van der Waals surface area contributed by atoms with Crippen LogP contribution in [0.2, 0.25) is 0 Å². The lowest BCUT2D eigenvalue weighted by molar-refractivity contribution is -0.142. The summed E-state index contributed by atoms with van der Waals surface area (Å²) in [6.45, 7) is 3.93. The average Bonchev–Trinajstić information content (AvgIpc) is 2.13. The van der Waals surface area contributed by atoms with Gasteiger partial charge in [-0.15, -0.1) is 0 Å². The zero-order valence-corrected chi connectivity index (χ0v) is 8.04. The predicted molar refractivity (Wildman–Crippen MR) is 48.4 cm³/mol. The molecule has 0 bridgehead atoms. The second kappa shape index (κ2) is 6.34. The lowest BCUT2D eigenvalue weighted by atomic mass is 10.2. The Kier molecular flexibility index (Phi) is 5.76. The van der Waals surface area contributed by atoms with Gasteiger partial charge in [0.1, 0.15) is 5.76 Å². The average molecular weight is 188 g/mol. The van der Waals surface area contributed by atoms with Gasteiger partial charge in [-0.1, -0.05) is 13.8 Å². The standard InChI is InChI=1S/C9H16O4/c1-3-5-7(10)8(11)9(12)13-6-4-2/h10-11H,3-6H2,1-2H3. The fourth-order valence-corrected chi connectivity index (χ4v) is 0.736. The molecule has 0 aromatic carbocycles. The summed E-state index contributed by atoms with van der Waals surface area (Å²) in [5, 5.41) is 18.2. The number of hydrogen-bond acceptors (Lipinski definition) is 4. The maximum absolute atomic E-state index is 10.9. The lowest BCUT2D eigenvalue weighted by Gasteiger charge is -2.03. The Hall–Kier alpha value is -1.19. The molecule has 76 valence electrons. The predicted octanol–water partition coefficient (Wildman–Crippen LogP) is 2.07. The van der Waals surface area contributed by atoms with E-state index in [1.165, 1.54) is 0 Å². The molecule has 0 rings (SSSR count). The molecule has 0 aromatic rings. The van der Waals surface area contributed by atoms with E-state index in [1.807, 2.05) is 13.8 Å². The Morgan fingerprint density at radius 2 is 1.85 bits per heavy atom. The fraction of sp³-hybridized carbons (Fsp3) is 0.667. The molecule has 0 aromatic heterocycles. The largest absolute Gasteiger partial charge is 0.508 e. The minimum atomic E-state index is -0.854. The van der Waals surface area contributed by atoms with Crippen LogP contribution >= 0.6 is 0 Å². The normalized spacial score (nSPS) is 12.2. The summed E-state index contributed by atoms with van der Waals surface area (Å²) in [6.07, 6.45) is 1.64. The minimum absolute atomic E-state index is 0.252. The van der Waals surface area contributed by atoms with Gasteiger partial charge in [-0.25, -0.2) is 4.79 Å². The van der Waals surface area contributed by atoms with E-state index in [0.717, 1.165) is 0 Å². The van der Waals surface area contributed by atoms with E-state index in [1.54, 1.807) is 0 Å². The Balaban J connectivity index is 4.13. The second-order valence-electron chi connectivity index (χ2n) is 2.68. The number of ether oxygens (including phenoxy) is 1. The molecule has 0 spiro atoms.